The average molecular weight is 451 g/mol. The molecule has 1 heterocycles. The van der Waals surface area contributed by atoms with Crippen LogP contribution in [0.15, 0.2) is 48.5 Å². The van der Waals surface area contributed by atoms with E-state index in [9.17, 15) is 0 Å². The summed E-state index contributed by atoms with van der Waals surface area (Å²) >= 11 is 0. The Morgan fingerprint density at radius 1 is 0.905 bits per heavy atom. The minimum absolute atomic E-state index is 0. The molecule has 0 aliphatic carbocycles. The second-order valence-corrected chi connectivity index (χ2v) is 4.46. The summed E-state index contributed by atoms with van der Waals surface area (Å²) < 4.78 is 5.71. The van der Waals surface area contributed by atoms with Crippen molar-refractivity contribution >= 4 is 11.0 Å². The van der Waals surface area contributed by atoms with Gasteiger partial charge >= 0.3 is 21.1 Å². The van der Waals surface area contributed by atoms with Gasteiger partial charge in [0, 0.05) is 0 Å². The SMILES string of the molecule is C[C-](C)Oc1ccccc1-n1nc2ccccc2n1.[CH3-].[W+2]. The van der Waals surface area contributed by atoms with E-state index in [1.807, 2.05) is 62.4 Å². The second kappa shape index (κ2) is 7.37. The Labute approximate surface area is 139 Å². The van der Waals surface area contributed by atoms with Crippen molar-refractivity contribution < 1.29 is 25.8 Å². The number of benzene rings is 2. The van der Waals surface area contributed by atoms with E-state index in [1.54, 1.807) is 4.80 Å². The molecular formula is C16H17N3OW. The van der Waals surface area contributed by atoms with Crippen molar-refractivity contribution in [3.05, 3.63) is 62.1 Å². The van der Waals surface area contributed by atoms with Crippen LogP contribution in [-0.4, -0.2) is 15.0 Å². The zero-order chi connectivity index (χ0) is 13.2. The maximum Gasteiger partial charge on any atom is 2.00 e. The molecule has 0 N–H and O–H groups in total. The molecule has 0 spiro atoms. The summed E-state index contributed by atoms with van der Waals surface area (Å²) in [5.41, 5.74) is 2.57. The molecule has 5 heteroatoms. The standard InChI is InChI=1S/C15H14N3O.CH3.W/c1-11(2)19-15-10-6-5-9-14(15)18-16-12-7-3-4-8-13(12)17-18;;/h3-10H,1-2H3;1H3;/q2*-1;+2. The normalized spacial score (nSPS) is 10.0. The molecule has 1 aromatic heterocycles. The number of hydrogen-bond donors (Lipinski definition) is 0. The molecule has 0 saturated carbocycles. The van der Waals surface area contributed by atoms with E-state index in [0.29, 0.717) is 0 Å². The molecule has 0 bridgehead atoms. The topological polar surface area (TPSA) is 39.9 Å². The van der Waals surface area contributed by atoms with Crippen molar-refractivity contribution in [3.63, 3.8) is 0 Å². The quantitative estimate of drug-likeness (QED) is 0.569. The van der Waals surface area contributed by atoms with Gasteiger partial charge in [0.05, 0.1) is 0 Å². The van der Waals surface area contributed by atoms with Crippen LogP contribution in [-0.2, 0) is 21.1 Å². The minimum atomic E-state index is 0. The van der Waals surface area contributed by atoms with Gasteiger partial charge in [0.2, 0.25) is 0 Å². The molecule has 0 unspecified atom stereocenters. The number of rotatable bonds is 3. The number of aromatic nitrogens is 3. The Morgan fingerprint density at radius 3 is 2.00 bits per heavy atom. The molecule has 0 aliphatic rings. The third-order valence-corrected chi connectivity index (χ3v) is 2.68. The van der Waals surface area contributed by atoms with Crippen LogP contribution in [0.1, 0.15) is 13.8 Å². The molecule has 0 saturated heterocycles. The molecule has 0 radical (unpaired) electrons. The maximum atomic E-state index is 5.71. The van der Waals surface area contributed by atoms with Gasteiger partial charge in [0.1, 0.15) is 22.5 Å². The van der Waals surface area contributed by atoms with Crippen LogP contribution < -0.4 is 4.74 Å². The van der Waals surface area contributed by atoms with Gasteiger partial charge in [-0.3, -0.25) is 0 Å². The zero-order valence-electron chi connectivity index (χ0n) is 12.3. The summed E-state index contributed by atoms with van der Waals surface area (Å²) in [5.74, 6) is 0.753. The third kappa shape index (κ3) is 3.70. The van der Waals surface area contributed by atoms with Gasteiger partial charge < -0.3 is 12.2 Å². The summed E-state index contributed by atoms with van der Waals surface area (Å²) in [5, 5.41) is 8.93. The number of ether oxygens (including phenoxy) is 1. The first kappa shape index (κ1) is 17.4. The van der Waals surface area contributed by atoms with Crippen LogP contribution in [0.5, 0.6) is 5.75 Å². The molecule has 3 rings (SSSR count). The molecule has 0 fully saturated rings. The van der Waals surface area contributed by atoms with Crippen LogP contribution in [0.4, 0.5) is 0 Å². The fourth-order valence-electron chi connectivity index (χ4n) is 1.90. The molecule has 2 aromatic carbocycles. The zero-order valence-corrected chi connectivity index (χ0v) is 15.2. The first-order valence-electron chi connectivity index (χ1n) is 6.13. The minimum Gasteiger partial charge on any atom is -0.658 e. The summed E-state index contributed by atoms with van der Waals surface area (Å²) in [6.07, 6.45) is 0.879. The summed E-state index contributed by atoms with van der Waals surface area (Å²) in [7, 11) is 0. The fraction of sp³-hybridized carbons (Fsp3) is 0.125. The molecule has 0 aliphatic heterocycles. The molecule has 21 heavy (non-hydrogen) atoms. The number of para-hydroxylation sites is 2. The Bertz CT molecular complexity index is 676. The van der Waals surface area contributed by atoms with Crippen LogP contribution in [0, 0.1) is 13.5 Å². The van der Waals surface area contributed by atoms with Crippen LogP contribution in [0.2, 0.25) is 0 Å². The predicted octanol–water partition coefficient (Wildman–Crippen LogP) is 3.82. The molecule has 3 aromatic rings. The molecule has 108 valence electrons. The van der Waals surface area contributed by atoms with Gasteiger partial charge in [-0.05, 0) is 24.3 Å². The number of hydrogen-bond acceptors (Lipinski definition) is 3. The largest absolute Gasteiger partial charge is 2.00 e. The van der Waals surface area contributed by atoms with Crippen LogP contribution >= 0.6 is 0 Å². The Hall–Kier alpha value is -1.67. The summed E-state index contributed by atoms with van der Waals surface area (Å²) in [4.78, 5) is 1.61. The Kier molecular flexibility index (Phi) is 6.10. The smallest absolute Gasteiger partial charge is 0.658 e. The fourth-order valence-corrected chi connectivity index (χ4v) is 1.90. The van der Waals surface area contributed by atoms with E-state index in [2.05, 4.69) is 10.2 Å². The van der Waals surface area contributed by atoms with Gasteiger partial charge in [0.15, 0.2) is 0 Å². The Morgan fingerprint density at radius 2 is 1.43 bits per heavy atom. The van der Waals surface area contributed by atoms with E-state index in [-0.39, 0.29) is 28.5 Å². The van der Waals surface area contributed by atoms with Crippen molar-refractivity contribution in [2.75, 3.05) is 0 Å². The first-order chi connectivity index (χ1) is 9.24. The number of nitrogens with zero attached hydrogens (tertiary/aromatic N) is 3. The van der Waals surface area contributed by atoms with Gasteiger partial charge in [0.25, 0.3) is 0 Å². The van der Waals surface area contributed by atoms with E-state index in [4.69, 9.17) is 4.74 Å². The van der Waals surface area contributed by atoms with E-state index in [0.717, 1.165) is 28.6 Å². The summed E-state index contributed by atoms with van der Waals surface area (Å²) in [6, 6.07) is 15.5. The van der Waals surface area contributed by atoms with E-state index < -0.39 is 0 Å². The van der Waals surface area contributed by atoms with Crippen molar-refractivity contribution in [3.8, 4) is 11.4 Å². The molecular weight excluding hydrogens is 434 g/mol. The van der Waals surface area contributed by atoms with Crippen LogP contribution in [0.25, 0.3) is 16.7 Å². The Balaban J connectivity index is 0.00000110. The van der Waals surface area contributed by atoms with Gasteiger partial charge in [-0.1, -0.05) is 24.3 Å². The van der Waals surface area contributed by atoms with Gasteiger partial charge in [-0.2, -0.15) is 20.0 Å². The number of fused-ring (bicyclic) bond motifs is 1. The average Bonchev–Trinajstić information content (AvgIpc) is 2.82. The first-order valence-corrected chi connectivity index (χ1v) is 6.13. The third-order valence-electron chi connectivity index (χ3n) is 2.68. The van der Waals surface area contributed by atoms with Crippen LogP contribution in [0.3, 0.4) is 0 Å². The summed E-state index contributed by atoms with van der Waals surface area (Å²) in [6.45, 7) is 3.84. The van der Waals surface area contributed by atoms with E-state index in [1.165, 1.54) is 0 Å². The second-order valence-electron chi connectivity index (χ2n) is 4.46. The molecule has 0 atom stereocenters. The van der Waals surface area contributed by atoms with E-state index >= 15 is 0 Å². The van der Waals surface area contributed by atoms with Gasteiger partial charge in [-0.25, -0.2) is 0 Å². The monoisotopic (exact) mass is 451 g/mol. The van der Waals surface area contributed by atoms with Crippen molar-refractivity contribution in [1.29, 1.82) is 0 Å². The maximum absolute atomic E-state index is 5.71. The van der Waals surface area contributed by atoms with Crippen molar-refractivity contribution in [2.24, 2.45) is 0 Å². The predicted molar refractivity (Wildman–Crippen MR) is 80.5 cm³/mol. The van der Waals surface area contributed by atoms with Gasteiger partial charge in [-0.15, -0.1) is 15.0 Å². The molecule has 4 nitrogen and oxygen atoms in total. The molecule has 0 amide bonds. The van der Waals surface area contributed by atoms with Crippen molar-refractivity contribution in [2.45, 2.75) is 13.8 Å². The van der Waals surface area contributed by atoms with Crippen molar-refractivity contribution in [1.82, 2.24) is 15.0 Å².